The Morgan fingerprint density at radius 1 is 1.20 bits per heavy atom. The van der Waals surface area contributed by atoms with Crippen molar-refractivity contribution in [3.05, 3.63) is 29.3 Å². The first-order chi connectivity index (χ1) is 11.9. The second kappa shape index (κ2) is 9.40. The summed E-state index contributed by atoms with van der Waals surface area (Å²) >= 11 is 6.01. The van der Waals surface area contributed by atoms with E-state index in [0.717, 1.165) is 6.42 Å². The largest absolute Gasteiger partial charge is 0.482 e. The normalized spacial score (nSPS) is 16.5. The van der Waals surface area contributed by atoms with Gasteiger partial charge in [-0.3, -0.25) is 4.79 Å². The summed E-state index contributed by atoms with van der Waals surface area (Å²) in [6.07, 6.45) is 2.13. The lowest BCUT2D eigenvalue weighted by Crippen LogP contribution is -2.39. The van der Waals surface area contributed by atoms with Gasteiger partial charge in [0.05, 0.1) is 10.8 Å². The third-order valence-electron chi connectivity index (χ3n) is 4.14. The minimum absolute atomic E-state index is 0.105. The number of ether oxygens (including phenoxy) is 1. The van der Waals surface area contributed by atoms with Crippen molar-refractivity contribution >= 4 is 27.5 Å². The first-order valence-corrected chi connectivity index (χ1v) is 10.6. The highest BCUT2D eigenvalue weighted by Gasteiger charge is 2.26. The Balaban J connectivity index is 1.87. The van der Waals surface area contributed by atoms with Crippen LogP contribution in [0.15, 0.2) is 24.3 Å². The first kappa shape index (κ1) is 20.0. The van der Waals surface area contributed by atoms with Crippen molar-refractivity contribution in [2.45, 2.75) is 26.2 Å². The minimum atomic E-state index is -3.23. The predicted octanol–water partition coefficient (Wildman–Crippen LogP) is 2.38. The summed E-state index contributed by atoms with van der Waals surface area (Å²) in [6.45, 7) is 3.58. The van der Waals surface area contributed by atoms with E-state index in [9.17, 15) is 13.2 Å². The summed E-state index contributed by atoms with van der Waals surface area (Å²) < 4.78 is 31.6. The lowest BCUT2D eigenvalue weighted by atomic mass is 10.3. The summed E-state index contributed by atoms with van der Waals surface area (Å²) in [7, 11) is -3.23. The van der Waals surface area contributed by atoms with Crippen LogP contribution >= 0.6 is 11.6 Å². The van der Waals surface area contributed by atoms with Crippen molar-refractivity contribution in [1.82, 2.24) is 9.21 Å². The van der Waals surface area contributed by atoms with Crippen LogP contribution in [-0.2, 0) is 14.8 Å². The Morgan fingerprint density at radius 2 is 1.96 bits per heavy atom. The van der Waals surface area contributed by atoms with Crippen LogP contribution in [0.2, 0.25) is 5.02 Å². The van der Waals surface area contributed by atoms with Gasteiger partial charge in [-0.15, -0.1) is 0 Å². The van der Waals surface area contributed by atoms with Gasteiger partial charge in [0.2, 0.25) is 10.0 Å². The maximum atomic E-state index is 12.4. The zero-order chi connectivity index (χ0) is 18.3. The fraction of sp³-hybridized carbons (Fsp3) is 0.588. The molecule has 1 aliphatic heterocycles. The van der Waals surface area contributed by atoms with E-state index in [1.54, 1.807) is 29.2 Å². The maximum Gasteiger partial charge on any atom is 0.260 e. The smallest absolute Gasteiger partial charge is 0.260 e. The Morgan fingerprint density at radius 3 is 2.68 bits per heavy atom. The zero-order valence-corrected chi connectivity index (χ0v) is 16.1. The topological polar surface area (TPSA) is 66.9 Å². The van der Waals surface area contributed by atoms with E-state index < -0.39 is 10.0 Å². The maximum absolute atomic E-state index is 12.4. The van der Waals surface area contributed by atoms with E-state index >= 15 is 0 Å². The first-order valence-electron chi connectivity index (χ1n) is 8.57. The molecule has 0 atom stereocenters. The van der Waals surface area contributed by atoms with Crippen molar-refractivity contribution < 1.29 is 17.9 Å². The number of sulfonamides is 1. The highest BCUT2D eigenvalue weighted by atomic mass is 35.5. The summed E-state index contributed by atoms with van der Waals surface area (Å²) in [5, 5.41) is 0.458. The number of carbonyl (C=O) groups excluding carboxylic acids is 1. The predicted molar refractivity (Wildman–Crippen MR) is 98.4 cm³/mol. The standard InChI is InChI=1S/C17H25ClN2O4S/c1-2-3-13-25(22,23)20-10-6-9-19(11-12-20)17(21)14-24-16-8-5-4-7-15(16)18/h4-5,7-8H,2-3,6,9-14H2,1H3. The molecule has 0 bridgehead atoms. The molecule has 1 heterocycles. The van der Waals surface area contributed by atoms with Gasteiger partial charge < -0.3 is 9.64 Å². The summed E-state index contributed by atoms with van der Waals surface area (Å²) in [6, 6.07) is 6.99. The lowest BCUT2D eigenvalue weighted by molar-refractivity contribution is -0.133. The molecule has 0 aromatic heterocycles. The molecule has 0 unspecified atom stereocenters. The number of benzene rings is 1. The van der Waals surface area contributed by atoms with Crippen LogP contribution in [0.5, 0.6) is 5.75 Å². The highest BCUT2D eigenvalue weighted by molar-refractivity contribution is 7.89. The molecule has 0 saturated carbocycles. The fourth-order valence-corrected chi connectivity index (χ4v) is 4.54. The molecular formula is C17H25ClN2O4S. The van der Waals surface area contributed by atoms with Crippen LogP contribution < -0.4 is 4.74 Å². The van der Waals surface area contributed by atoms with Gasteiger partial charge in [0.1, 0.15) is 5.75 Å². The minimum Gasteiger partial charge on any atom is -0.482 e. The van der Waals surface area contributed by atoms with Gasteiger partial charge in [-0.2, -0.15) is 0 Å². The molecule has 0 spiro atoms. The molecule has 25 heavy (non-hydrogen) atoms. The molecule has 0 radical (unpaired) electrons. The number of para-hydroxylation sites is 1. The van der Waals surface area contributed by atoms with Crippen molar-refractivity contribution in [1.29, 1.82) is 0 Å². The molecule has 8 heteroatoms. The van der Waals surface area contributed by atoms with Gasteiger partial charge in [-0.05, 0) is 25.0 Å². The van der Waals surface area contributed by atoms with E-state index in [0.29, 0.717) is 49.8 Å². The summed E-state index contributed by atoms with van der Waals surface area (Å²) in [5.74, 6) is 0.483. The van der Waals surface area contributed by atoms with Gasteiger partial charge in [-0.1, -0.05) is 37.1 Å². The number of hydrogen-bond donors (Lipinski definition) is 0. The molecule has 2 rings (SSSR count). The van der Waals surface area contributed by atoms with Crippen LogP contribution in [0.1, 0.15) is 26.2 Å². The number of unbranched alkanes of at least 4 members (excludes halogenated alkanes) is 1. The van der Waals surface area contributed by atoms with Gasteiger partial charge in [-0.25, -0.2) is 12.7 Å². The molecule has 1 fully saturated rings. The van der Waals surface area contributed by atoms with E-state index in [-0.39, 0.29) is 18.3 Å². The second-order valence-electron chi connectivity index (χ2n) is 6.02. The number of carbonyl (C=O) groups is 1. The van der Waals surface area contributed by atoms with Crippen molar-refractivity contribution in [2.75, 3.05) is 38.5 Å². The molecule has 1 amide bonds. The van der Waals surface area contributed by atoms with Crippen LogP contribution in [-0.4, -0.2) is 62.1 Å². The monoisotopic (exact) mass is 388 g/mol. The number of rotatable bonds is 7. The van der Waals surface area contributed by atoms with Crippen molar-refractivity contribution in [2.24, 2.45) is 0 Å². The molecule has 1 aromatic carbocycles. The lowest BCUT2D eigenvalue weighted by Gasteiger charge is -2.22. The Kier molecular flexibility index (Phi) is 7.53. The van der Waals surface area contributed by atoms with E-state index in [1.165, 1.54) is 4.31 Å². The molecule has 1 aliphatic rings. The van der Waals surface area contributed by atoms with Crippen LogP contribution in [0.25, 0.3) is 0 Å². The molecule has 1 saturated heterocycles. The average Bonchev–Trinajstić information content (AvgIpc) is 2.86. The van der Waals surface area contributed by atoms with Crippen molar-refractivity contribution in [3.8, 4) is 5.75 Å². The molecular weight excluding hydrogens is 364 g/mol. The van der Waals surface area contributed by atoms with Gasteiger partial charge >= 0.3 is 0 Å². The number of nitrogens with zero attached hydrogens (tertiary/aromatic N) is 2. The van der Waals surface area contributed by atoms with Crippen LogP contribution in [0.3, 0.4) is 0 Å². The molecule has 1 aromatic rings. The number of hydrogen-bond acceptors (Lipinski definition) is 4. The van der Waals surface area contributed by atoms with Crippen LogP contribution in [0.4, 0.5) is 0 Å². The van der Waals surface area contributed by atoms with Gasteiger partial charge in [0.15, 0.2) is 6.61 Å². The number of halogens is 1. The second-order valence-corrected chi connectivity index (χ2v) is 8.52. The van der Waals surface area contributed by atoms with E-state index in [4.69, 9.17) is 16.3 Å². The van der Waals surface area contributed by atoms with Crippen molar-refractivity contribution in [3.63, 3.8) is 0 Å². The summed E-state index contributed by atoms with van der Waals surface area (Å²) in [5.41, 5.74) is 0. The average molecular weight is 389 g/mol. The summed E-state index contributed by atoms with van der Waals surface area (Å²) in [4.78, 5) is 14.0. The number of amides is 1. The Labute approximate surface area is 154 Å². The SMILES string of the molecule is CCCCS(=O)(=O)N1CCCN(C(=O)COc2ccccc2Cl)CC1. The Hall–Kier alpha value is -1.31. The van der Waals surface area contributed by atoms with Gasteiger partial charge in [0.25, 0.3) is 5.91 Å². The third-order valence-corrected chi connectivity index (χ3v) is 6.41. The van der Waals surface area contributed by atoms with E-state index in [1.807, 2.05) is 6.92 Å². The van der Waals surface area contributed by atoms with E-state index in [2.05, 4.69) is 0 Å². The molecule has 140 valence electrons. The van der Waals surface area contributed by atoms with Crippen LogP contribution in [0, 0.1) is 0 Å². The third kappa shape index (κ3) is 5.87. The highest BCUT2D eigenvalue weighted by Crippen LogP contribution is 2.23. The zero-order valence-electron chi connectivity index (χ0n) is 14.5. The molecule has 6 nitrogen and oxygen atoms in total. The van der Waals surface area contributed by atoms with Gasteiger partial charge in [0, 0.05) is 26.2 Å². The molecule has 0 aliphatic carbocycles. The fourth-order valence-electron chi connectivity index (χ4n) is 2.67. The molecule has 0 N–H and O–H groups in total. The quantitative estimate of drug-likeness (QED) is 0.719. The Bertz CT molecular complexity index is 681.